The molecule has 0 radical (unpaired) electrons. The molecule has 4 aliphatic rings. The molecule has 0 aromatic rings. The van der Waals surface area contributed by atoms with Crippen molar-refractivity contribution in [2.24, 2.45) is 40.9 Å². The van der Waals surface area contributed by atoms with E-state index in [1.807, 2.05) is 7.11 Å². The fourth-order valence-corrected chi connectivity index (χ4v) is 8.87. The van der Waals surface area contributed by atoms with E-state index in [2.05, 4.69) is 20.8 Å². The van der Waals surface area contributed by atoms with Gasteiger partial charge < -0.3 is 9.47 Å². The average molecular weight is 447 g/mol. The first-order chi connectivity index (χ1) is 15.5. The number of ether oxygens (including phenoxy) is 2. The second kappa shape index (κ2) is 11.6. The Morgan fingerprint density at radius 2 is 1.09 bits per heavy atom. The first kappa shape index (κ1) is 25.0. The number of rotatable bonds is 7. The van der Waals surface area contributed by atoms with E-state index in [0.29, 0.717) is 17.6 Å². The molecule has 6 atom stereocenters. The molecule has 6 unspecified atom stereocenters. The third-order valence-corrected chi connectivity index (χ3v) is 11.0. The maximum atomic E-state index is 6.36. The van der Waals surface area contributed by atoms with Crippen molar-refractivity contribution in [2.75, 3.05) is 13.7 Å². The molecule has 0 amide bonds. The topological polar surface area (TPSA) is 18.5 Å². The zero-order valence-corrected chi connectivity index (χ0v) is 22.0. The predicted molar refractivity (Wildman–Crippen MR) is 135 cm³/mol. The van der Waals surface area contributed by atoms with Gasteiger partial charge in [-0.1, -0.05) is 78.1 Å². The highest BCUT2D eigenvalue weighted by Gasteiger charge is 2.47. The minimum absolute atomic E-state index is 0.454. The minimum Gasteiger partial charge on any atom is -0.381 e. The summed E-state index contributed by atoms with van der Waals surface area (Å²) in [5.41, 5.74) is 0.454. The normalized spacial score (nSPS) is 38.6. The lowest BCUT2D eigenvalue weighted by Crippen LogP contribution is -2.46. The highest BCUT2D eigenvalue weighted by atomic mass is 16.5. The highest BCUT2D eigenvalue weighted by Crippen LogP contribution is 2.54. The van der Waals surface area contributed by atoms with Crippen molar-refractivity contribution in [1.29, 1.82) is 0 Å². The summed E-state index contributed by atoms with van der Waals surface area (Å²) in [4.78, 5) is 0. The zero-order chi connectivity index (χ0) is 22.6. The molecule has 4 fully saturated rings. The van der Waals surface area contributed by atoms with E-state index < -0.39 is 0 Å². The Kier molecular flexibility index (Phi) is 9.05. The third-order valence-electron chi connectivity index (χ3n) is 11.0. The quantitative estimate of drug-likeness (QED) is 0.390. The number of methoxy groups -OCH3 is 1. The van der Waals surface area contributed by atoms with Gasteiger partial charge in [0.05, 0.1) is 12.2 Å². The van der Waals surface area contributed by atoms with E-state index in [1.165, 1.54) is 103 Å². The summed E-state index contributed by atoms with van der Waals surface area (Å²) in [6, 6.07) is 0. The summed E-state index contributed by atoms with van der Waals surface area (Å²) >= 11 is 0. The summed E-state index contributed by atoms with van der Waals surface area (Å²) < 4.78 is 12.4. The standard InChI is InChI=1S/C30H54O2/c1-5-32-29-19-17-25(21-27(29)23-14-10-7-11-15-23)30(2,3)24-16-18-28(31-4)26(20-24)22-12-8-6-9-13-22/h22-29H,5-21H2,1-4H3. The second-order valence-electron chi connectivity index (χ2n) is 12.7. The zero-order valence-electron chi connectivity index (χ0n) is 22.0. The van der Waals surface area contributed by atoms with Crippen LogP contribution in [0.3, 0.4) is 0 Å². The molecule has 0 aromatic heterocycles. The van der Waals surface area contributed by atoms with Crippen molar-refractivity contribution in [1.82, 2.24) is 0 Å². The van der Waals surface area contributed by atoms with Gasteiger partial charge in [0.15, 0.2) is 0 Å². The monoisotopic (exact) mass is 446 g/mol. The number of hydrogen-bond acceptors (Lipinski definition) is 2. The van der Waals surface area contributed by atoms with Gasteiger partial charge in [0.2, 0.25) is 0 Å². The van der Waals surface area contributed by atoms with Crippen LogP contribution in [-0.2, 0) is 9.47 Å². The Morgan fingerprint density at radius 1 is 0.625 bits per heavy atom. The molecular weight excluding hydrogens is 392 g/mol. The van der Waals surface area contributed by atoms with Gasteiger partial charge in [0, 0.05) is 13.7 Å². The van der Waals surface area contributed by atoms with Crippen LogP contribution in [0.5, 0.6) is 0 Å². The molecule has 0 saturated heterocycles. The van der Waals surface area contributed by atoms with Gasteiger partial charge in [-0.2, -0.15) is 0 Å². The molecule has 186 valence electrons. The average Bonchev–Trinajstić information content (AvgIpc) is 2.85. The molecule has 0 aliphatic heterocycles. The van der Waals surface area contributed by atoms with Gasteiger partial charge in [0.25, 0.3) is 0 Å². The Morgan fingerprint density at radius 3 is 1.56 bits per heavy atom. The first-order valence-electron chi connectivity index (χ1n) is 14.7. The van der Waals surface area contributed by atoms with Crippen molar-refractivity contribution in [2.45, 2.75) is 136 Å². The van der Waals surface area contributed by atoms with Crippen molar-refractivity contribution >= 4 is 0 Å². The maximum absolute atomic E-state index is 6.36. The Balaban J connectivity index is 1.45. The Bertz CT molecular complexity index is 540. The SMILES string of the molecule is CCOC1CCC(C(C)(C)C2CCC(OC)C(C3CCCCC3)C2)CC1C1CCCCC1. The van der Waals surface area contributed by atoms with Crippen LogP contribution in [-0.4, -0.2) is 25.9 Å². The Labute approximate surface area is 200 Å². The fourth-order valence-electron chi connectivity index (χ4n) is 8.87. The molecule has 0 bridgehead atoms. The van der Waals surface area contributed by atoms with Crippen LogP contribution in [0.15, 0.2) is 0 Å². The summed E-state index contributed by atoms with van der Waals surface area (Å²) in [5.74, 6) is 5.24. The molecule has 0 spiro atoms. The summed E-state index contributed by atoms with van der Waals surface area (Å²) in [7, 11) is 1.98. The predicted octanol–water partition coefficient (Wildman–Crippen LogP) is 8.43. The van der Waals surface area contributed by atoms with Crippen LogP contribution >= 0.6 is 0 Å². The van der Waals surface area contributed by atoms with Crippen LogP contribution in [0.25, 0.3) is 0 Å². The molecule has 4 aliphatic carbocycles. The third kappa shape index (κ3) is 5.59. The van der Waals surface area contributed by atoms with Crippen LogP contribution < -0.4 is 0 Å². The highest BCUT2D eigenvalue weighted by molar-refractivity contribution is 4.97. The molecule has 32 heavy (non-hydrogen) atoms. The van der Waals surface area contributed by atoms with Gasteiger partial charge in [-0.25, -0.2) is 0 Å². The molecule has 0 heterocycles. The summed E-state index contributed by atoms with van der Waals surface area (Å²) in [6.07, 6.45) is 23.9. The Hall–Kier alpha value is -0.0800. The van der Waals surface area contributed by atoms with Crippen LogP contribution in [0.2, 0.25) is 0 Å². The van der Waals surface area contributed by atoms with Crippen LogP contribution in [0, 0.1) is 40.9 Å². The van der Waals surface area contributed by atoms with Crippen LogP contribution in [0.1, 0.15) is 124 Å². The van der Waals surface area contributed by atoms with Crippen molar-refractivity contribution in [3.05, 3.63) is 0 Å². The van der Waals surface area contributed by atoms with Gasteiger partial charge >= 0.3 is 0 Å². The van der Waals surface area contributed by atoms with Gasteiger partial charge in [0.1, 0.15) is 0 Å². The van der Waals surface area contributed by atoms with Gasteiger partial charge in [-0.05, 0) is 86.4 Å². The van der Waals surface area contributed by atoms with Gasteiger partial charge in [-0.3, -0.25) is 0 Å². The van der Waals surface area contributed by atoms with E-state index in [0.717, 1.165) is 42.1 Å². The van der Waals surface area contributed by atoms with Gasteiger partial charge in [-0.15, -0.1) is 0 Å². The fraction of sp³-hybridized carbons (Fsp3) is 1.00. The molecule has 0 N–H and O–H groups in total. The lowest BCUT2D eigenvalue weighted by atomic mass is 9.55. The van der Waals surface area contributed by atoms with E-state index in [4.69, 9.17) is 9.47 Å². The molecule has 2 heteroatoms. The van der Waals surface area contributed by atoms with Crippen molar-refractivity contribution < 1.29 is 9.47 Å². The smallest absolute Gasteiger partial charge is 0.0606 e. The molecule has 2 nitrogen and oxygen atoms in total. The summed E-state index contributed by atoms with van der Waals surface area (Å²) in [6.45, 7) is 8.41. The number of hydrogen-bond donors (Lipinski definition) is 0. The molecule has 0 aromatic carbocycles. The first-order valence-corrected chi connectivity index (χ1v) is 14.7. The van der Waals surface area contributed by atoms with Crippen LogP contribution in [0.4, 0.5) is 0 Å². The second-order valence-corrected chi connectivity index (χ2v) is 12.7. The lowest BCUT2D eigenvalue weighted by molar-refractivity contribution is -0.0875. The molecule has 4 saturated carbocycles. The van der Waals surface area contributed by atoms with Crippen molar-refractivity contribution in [3.63, 3.8) is 0 Å². The molecular formula is C30H54O2. The summed E-state index contributed by atoms with van der Waals surface area (Å²) in [5, 5.41) is 0. The van der Waals surface area contributed by atoms with E-state index in [9.17, 15) is 0 Å². The lowest BCUT2D eigenvalue weighted by Gasteiger charge is -2.52. The van der Waals surface area contributed by atoms with E-state index >= 15 is 0 Å². The minimum atomic E-state index is 0.454. The largest absolute Gasteiger partial charge is 0.381 e. The van der Waals surface area contributed by atoms with E-state index in [1.54, 1.807) is 0 Å². The van der Waals surface area contributed by atoms with Crippen molar-refractivity contribution in [3.8, 4) is 0 Å². The van der Waals surface area contributed by atoms with E-state index in [-0.39, 0.29) is 0 Å². The molecule has 4 rings (SSSR count). The maximum Gasteiger partial charge on any atom is 0.0606 e.